The fourth-order valence-corrected chi connectivity index (χ4v) is 4.00. The Balaban J connectivity index is 2.03. The summed E-state index contributed by atoms with van der Waals surface area (Å²) >= 11 is 0. The van der Waals surface area contributed by atoms with Crippen LogP contribution in [0.2, 0.25) is 0 Å². The summed E-state index contributed by atoms with van der Waals surface area (Å²) in [7, 11) is 0. The number of benzene rings is 2. The molecule has 2 aromatic carbocycles. The number of non-ortho nitro benzene ring substituents is 1. The van der Waals surface area contributed by atoms with Crippen molar-refractivity contribution in [2.75, 3.05) is 6.61 Å². The Morgan fingerprint density at radius 3 is 2.70 bits per heavy atom. The highest BCUT2D eigenvalue weighted by molar-refractivity contribution is 6.07. The maximum Gasteiger partial charge on any atom is 0.325 e. The molecule has 0 aliphatic heterocycles. The van der Waals surface area contributed by atoms with Crippen molar-refractivity contribution in [2.24, 2.45) is 0 Å². The maximum absolute atomic E-state index is 12.2. The van der Waals surface area contributed by atoms with Gasteiger partial charge >= 0.3 is 5.97 Å². The van der Waals surface area contributed by atoms with Crippen molar-refractivity contribution in [3.05, 3.63) is 70.0 Å². The molecule has 0 fully saturated rings. The number of pyridine rings is 1. The van der Waals surface area contributed by atoms with Gasteiger partial charge in [0.25, 0.3) is 5.69 Å². The van der Waals surface area contributed by atoms with Crippen LogP contribution in [-0.4, -0.2) is 27.1 Å². The lowest BCUT2D eigenvalue weighted by Crippen LogP contribution is -2.14. The number of fused-ring (bicyclic) bond motifs is 2. The fourth-order valence-electron chi connectivity index (χ4n) is 4.00. The van der Waals surface area contributed by atoms with E-state index in [4.69, 9.17) is 4.74 Å². The number of para-hydroxylation sites is 1. The highest BCUT2D eigenvalue weighted by atomic mass is 16.6. The van der Waals surface area contributed by atoms with Crippen molar-refractivity contribution in [2.45, 2.75) is 27.3 Å². The molecule has 0 aliphatic carbocycles. The molecule has 7 nitrogen and oxygen atoms in total. The molecule has 0 aliphatic rings. The van der Waals surface area contributed by atoms with Crippen LogP contribution < -0.4 is 0 Å². The Hall–Kier alpha value is -3.74. The first-order valence-electron chi connectivity index (χ1n) is 9.70. The number of carbonyl (C=O) groups excluding carboxylic acids is 1. The monoisotopic (exact) mass is 403 g/mol. The average molecular weight is 403 g/mol. The molecule has 0 atom stereocenters. The molecule has 2 heterocycles. The summed E-state index contributed by atoms with van der Waals surface area (Å²) < 4.78 is 7.09. The van der Waals surface area contributed by atoms with Crippen molar-refractivity contribution in [1.82, 2.24) is 9.55 Å². The van der Waals surface area contributed by atoms with E-state index >= 15 is 0 Å². The van der Waals surface area contributed by atoms with Crippen molar-refractivity contribution >= 4 is 33.5 Å². The molecule has 2 aromatic heterocycles. The molecule has 4 rings (SSSR count). The predicted molar refractivity (Wildman–Crippen MR) is 115 cm³/mol. The highest BCUT2D eigenvalue weighted by Crippen LogP contribution is 2.39. The molecule has 0 unspecified atom stereocenters. The number of aryl methyl sites for hydroxylation is 1. The van der Waals surface area contributed by atoms with Crippen LogP contribution in [0.3, 0.4) is 0 Å². The van der Waals surface area contributed by atoms with Gasteiger partial charge in [-0.15, -0.1) is 0 Å². The molecule has 0 saturated carbocycles. The maximum atomic E-state index is 12.2. The number of nitro benzene ring substituents is 1. The third-order valence-corrected chi connectivity index (χ3v) is 5.29. The zero-order chi connectivity index (χ0) is 21.4. The average Bonchev–Trinajstić information content (AvgIpc) is 2.97. The number of carbonyl (C=O) groups is 1. The topological polar surface area (TPSA) is 87.3 Å². The van der Waals surface area contributed by atoms with Gasteiger partial charge < -0.3 is 9.30 Å². The zero-order valence-corrected chi connectivity index (χ0v) is 17.0. The van der Waals surface area contributed by atoms with E-state index in [9.17, 15) is 14.9 Å². The number of hydrogen-bond acceptors (Lipinski definition) is 5. The lowest BCUT2D eigenvalue weighted by molar-refractivity contribution is -0.383. The molecule has 0 bridgehead atoms. The second kappa shape index (κ2) is 7.59. The SMILES string of the molecule is CCOC(=O)Cn1c(C)c(-c2ccnc3c([N+](=O)[O-])cccc23)c2cc(C)ccc21. The first-order valence-corrected chi connectivity index (χ1v) is 9.70. The number of rotatable bonds is 5. The predicted octanol–water partition coefficient (Wildman–Crippen LogP) is 4.94. The van der Waals surface area contributed by atoms with Gasteiger partial charge in [0.15, 0.2) is 0 Å². The largest absolute Gasteiger partial charge is 0.465 e. The van der Waals surface area contributed by atoms with E-state index in [1.807, 2.05) is 42.7 Å². The lowest BCUT2D eigenvalue weighted by Gasteiger charge is -2.09. The summed E-state index contributed by atoms with van der Waals surface area (Å²) in [6.07, 6.45) is 1.59. The minimum atomic E-state index is -0.417. The fraction of sp³-hybridized carbons (Fsp3) is 0.217. The van der Waals surface area contributed by atoms with E-state index in [1.54, 1.807) is 19.2 Å². The van der Waals surface area contributed by atoms with Gasteiger partial charge in [-0.2, -0.15) is 0 Å². The van der Waals surface area contributed by atoms with Crippen molar-refractivity contribution in [3.8, 4) is 11.1 Å². The number of esters is 1. The summed E-state index contributed by atoms with van der Waals surface area (Å²) in [4.78, 5) is 27.6. The summed E-state index contributed by atoms with van der Waals surface area (Å²) in [6.45, 7) is 6.16. The molecule has 0 N–H and O–H groups in total. The van der Waals surface area contributed by atoms with Crippen LogP contribution >= 0.6 is 0 Å². The minimum Gasteiger partial charge on any atom is -0.465 e. The summed E-state index contributed by atoms with van der Waals surface area (Å²) in [5.41, 5.74) is 4.99. The van der Waals surface area contributed by atoms with E-state index in [2.05, 4.69) is 11.1 Å². The number of aromatic nitrogens is 2. The zero-order valence-electron chi connectivity index (χ0n) is 17.0. The van der Waals surface area contributed by atoms with Gasteiger partial charge in [-0.1, -0.05) is 23.8 Å². The van der Waals surface area contributed by atoms with Crippen LogP contribution in [0.5, 0.6) is 0 Å². The van der Waals surface area contributed by atoms with Crippen molar-refractivity contribution in [3.63, 3.8) is 0 Å². The Kier molecular flexibility index (Phi) is 4.95. The van der Waals surface area contributed by atoms with Crippen LogP contribution in [-0.2, 0) is 16.1 Å². The van der Waals surface area contributed by atoms with Gasteiger partial charge in [-0.05, 0) is 44.5 Å². The number of hydrogen-bond donors (Lipinski definition) is 0. The van der Waals surface area contributed by atoms with E-state index in [1.165, 1.54) is 6.07 Å². The van der Waals surface area contributed by atoms with Crippen molar-refractivity contribution < 1.29 is 14.5 Å². The number of ether oxygens (including phenoxy) is 1. The molecule has 152 valence electrons. The van der Waals surface area contributed by atoms with Crippen LogP contribution in [0.15, 0.2) is 48.7 Å². The quantitative estimate of drug-likeness (QED) is 0.267. The number of nitrogens with zero attached hydrogens (tertiary/aromatic N) is 3. The first kappa shape index (κ1) is 19.6. The molecule has 30 heavy (non-hydrogen) atoms. The number of nitro groups is 1. The third-order valence-electron chi connectivity index (χ3n) is 5.29. The van der Waals surface area contributed by atoms with E-state index < -0.39 is 4.92 Å². The van der Waals surface area contributed by atoms with E-state index in [0.29, 0.717) is 17.5 Å². The molecular weight excluding hydrogens is 382 g/mol. The summed E-state index contributed by atoms with van der Waals surface area (Å²) in [5.74, 6) is -0.306. The molecule has 0 radical (unpaired) electrons. The van der Waals surface area contributed by atoms with Gasteiger partial charge in [-0.25, -0.2) is 4.98 Å². The van der Waals surface area contributed by atoms with Gasteiger partial charge in [0.1, 0.15) is 12.1 Å². The summed E-state index contributed by atoms with van der Waals surface area (Å²) in [5, 5.41) is 13.2. The Morgan fingerprint density at radius 2 is 1.97 bits per heavy atom. The Bertz CT molecular complexity index is 1310. The second-order valence-corrected chi connectivity index (χ2v) is 7.16. The second-order valence-electron chi connectivity index (χ2n) is 7.16. The van der Waals surface area contributed by atoms with Crippen LogP contribution in [0.1, 0.15) is 18.2 Å². The smallest absolute Gasteiger partial charge is 0.325 e. The van der Waals surface area contributed by atoms with E-state index in [0.717, 1.165) is 33.3 Å². The Morgan fingerprint density at radius 1 is 1.17 bits per heavy atom. The third kappa shape index (κ3) is 3.18. The van der Waals surface area contributed by atoms with Crippen LogP contribution in [0.4, 0.5) is 5.69 Å². The molecular formula is C23H21N3O4. The Labute approximate surface area is 173 Å². The molecule has 0 saturated heterocycles. The molecule has 0 amide bonds. The van der Waals surface area contributed by atoms with Gasteiger partial charge in [0.2, 0.25) is 0 Å². The van der Waals surface area contributed by atoms with Crippen LogP contribution in [0.25, 0.3) is 32.9 Å². The van der Waals surface area contributed by atoms with Gasteiger partial charge in [0.05, 0.1) is 11.5 Å². The normalized spacial score (nSPS) is 11.2. The summed E-state index contributed by atoms with van der Waals surface area (Å²) in [6, 6.07) is 12.9. The standard InChI is InChI=1S/C23H21N3O4/c1-4-30-21(27)13-25-15(3)22(18-12-14(2)8-9-19(18)25)16-10-11-24-23-17(16)6-5-7-20(23)26(28)29/h5-12H,4,13H2,1-3H3. The van der Waals surface area contributed by atoms with Crippen molar-refractivity contribution in [1.29, 1.82) is 0 Å². The minimum absolute atomic E-state index is 0.0292. The first-order chi connectivity index (χ1) is 14.4. The molecule has 0 spiro atoms. The van der Waals surface area contributed by atoms with Gasteiger partial charge in [-0.3, -0.25) is 14.9 Å². The lowest BCUT2D eigenvalue weighted by atomic mass is 9.97. The van der Waals surface area contributed by atoms with Crippen LogP contribution in [0, 0.1) is 24.0 Å². The molecule has 4 aromatic rings. The van der Waals surface area contributed by atoms with E-state index in [-0.39, 0.29) is 18.2 Å². The highest BCUT2D eigenvalue weighted by Gasteiger charge is 2.21. The molecule has 7 heteroatoms. The van der Waals surface area contributed by atoms with Gasteiger partial charge in [0, 0.05) is 39.8 Å².